The molecule has 26 heavy (non-hydrogen) atoms. The summed E-state index contributed by atoms with van der Waals surface area (Å²) in [6.45, 7) is 4.66. The zero-order chi connectivity index (χ0) is 19.3. The van der Waals surface area contributed by atoms with Gasteiger partial charge in [0.2, 0.25) is 5.91 Å². The lowest BCUT2D eigenvalue weighted by molar-refractivity contribution is -0.111. The molecular weight excluding hydrogens is 374 g/mol. The molecule has 1 heterocycles. The Kier molecular flexibility index (Phi) is 6.61. The Balaban J connectivity index is 2.12. The Hall–Kier alpha value is -2.12. The summed E-state index contributed by atoms with van der Waals surface area (Å²) in [6.07, 6.45) is 6.10. The van der Waals surface area contributed by atoms with Gasteiger partial charge in [-0.3, -0.25) is 9.48 Å². The summed E-state index contributed by atoms with van der Waals surface area (Å²) < 4.78 is 24.9. The van der Waals surface area contributed by atoms with Crippen molar-refractivity contribution in [3.05, 3.63) is 46.8 Å². The maximum absolute atomic E-state index is 12.1. The fourth-order valence-electron chi connectivity index (χ4n) is 2.36. The first-order valence-electron chi connectivity index (χ1n) is 8.24. The van der Waals surface area contributed by atoms with E-state index in [1.807, 2.05) is 6.92 Å². The zero-order valence-electron chi connectivity index (χ0n) is 15.0. The van der Waals surface area contributed by atoms with E-state index in [4.69, 9.17) is 11.6 Å². The summed E-state index contributed by atoms with van der Waals surface area (Å²) in [5.41, 5.74) is 1.85. The maximum atomic E-state index is 12.1. The van der Waals surface area contributed by atoms with E-state index in [1.165, 1.54) is 18.2 Å². The van der Waals surface area contributed by atoms with E-state index in [2.05, 4.69) is 17.3 Å². The van der Waals surface area contributed by atoms with Crippen LogP contribution in [0.1, 0.15) is 31.0 Å². The molecule has 2 rings (SSSR count). The monoisotopic (exact) mass is 395 g/mol. The van der Waals surface area contributed by atoms with Crippen LogP contribution in [0.4, 0.5) is 5.69 Å². The number of aryl methyl sites for hydroxylation is 2. The van der Waals surface area contributed by atoms with Crippen LogP contribution in [0, 0.1) is 6.92 Å². The van der Waals surface area contributed by atoms with Gasteiger partial charge >= 0.3 is 0 Å². The van der Waals surface area contributed by atoms with Gasteiger partial charge in [-0.15, -0.1) is 0 Å². The lowest BCUT2D eigenvalue weighted by atomic mass is 10.2. The third-order valence-electron chi connectivity index (χ3n) is 3.76. The Morgan fingerprint density at radius 1 is 1.38 bits per heavy atom. The van der Waals surface area contributed by atoms with Crippen LogP contribution in [0.5, 0.6) is 0 Å². The summed E-state index contributed by atoms with van der Waals surface area (Å²) in [7, 11) is -3.33. The van der Waals surface area contributed by atoms with Crippen molar-refractivity contribution in [1.82, 2.24) is 9.78 Å². The van der Waals surface area contributed by atoms with E-state index >= 15 is 0 Å². The highest BCUT2D eigenvalue weighted by Crippen LogP contribution is 2.22. The molecule has 140 valence electrons. The topological polar surface area (TPSA) is 81.1 Å². The van der Waals surface area contributed by atoms with Crippen LogP contribution in [-0.4, -0.2) is 30.4 Å². The number of aromatic nitrogens is 2. The van der Waals surface area contributed by atoms with Crippen molar-refractivity contribution in [3.8, 4) is 0 Å². The summed E-state index contributed by atoms with van der Waals surface area (Å²) >= 11 is 6.33. The van der Waals surface area contributed by atoms with E-state index in [-0.39, 0.29) is 10.8 Å². The first-order valence-corrected chi connectivity index (χ1v) is 10.5. The molecule has 0 aliphatic rings. The number of hydrogen-bond donors (Lipinski definition) is 1. The highest BCUT2D eigenvalue weighted by molar-refractivity contribution is 7.90. The normalized spacial score (nSPS) is 11.8. The quantitative estimate of drug-likeness (QED) is 0.724. The first kappa shape index (κ1) is 20.2. The molecule has 0 spiro atoms. The number of carbonyl (C=O) groups excluding carboxylic acids is 1. The first-order chi connectivity index (χ1) is 12.2. The van der Waals surface area contributed by atoms with E-state index in [1.54, 1.807) is 22.9 Å². The molecule has 0 saturated heterocycles. The summed E-state index contributed by atoms with van der Waals surface area (Å²) in [5, 5.41) is 7.53. The Labute approximate surface area is 158 Å². The van der Waals surface area contributed by atoms with Crippen LogP contribution in [0.3, 0.4) is 0 Å². The zero-order valence-corrected chi connectivity index (χ0v) is 16.6. The average molecular weight is 396 g/mol. The predicted molar refractivity (Wildman–Crippen MR) is 104 cm³/mol. The van der Waals surface area contributed by atoms with Crippen molar-refractivity contribution in [2.45, 2.75) is 38.1 Å². The van der Waals surface area contributed by atoms with Crippen molar-refractivity contribution in [1.29, 1.82) is 0 Å². The van der Waals surface area contributed by atoms with Gasteiger partial charge in [-0.25, -0.2) is 8.42 Å². The number of amides is 1. The molecule has 1 aromatic carbocycles. The molecule has 6 nitrogen and oxygen atoms in total. The lowest BCUT2D eigenvalue weighted by Crippen LogP contribution is -2.08. The highest BCUT2D eigenvalue weighted by atomic mass is 35.5. The number of nitrogens with zero attached hydrogens (tertiary/aromatic N) is 2. The number of halogens is 1. The third kappa shape index (κ3) is 5.19. The molecule has 0 aliphatic carbocycles. The number of nitrogens with one attached hydrogen (secondary N) is 1. The molecule has 0 unspecified atom stereocenters. The van der Waals surface area contributed by atoms with E-state index in [9.17, 15) is 13.2 Å². The van der Waals surface area contributed by atoms with E-state index in [0.717, 1.165) is 31.3 Å². The second-order valence-corrected chi connectivity index (χ2v) is 8.36. The number of sulfone groups is 1. The van der Waals surface area contributed by atoms with E-state index in [0.29, 0.717) is 16.4 Å². The molecule has 0 bridgehead atoms. The van der Waals surface area contributed by atoms with Crippen LogP contribution in [0.25, 0.3) is 6.08 Å². The lowest BCUT2D eigenvalue weighted by Gasteiger charge is -2.04. The summed E-state index contributed by atoms with van der Waals surface area (Å²) in [6, 6.07) is 6.10. The van der Waals surface area contributed by atoms with Gasteiger partial charge in [0.25, 0.3) is 0 Å². The van der Waals surface area contributed by atoms with Crippen LogP contribution >= 0.6 is 11.6 Å². The SMILES string of the molecule is CCCCn1nc(C)c(/C=C/C(=O)Nc2cccc(S(C)(=O)=O)c2)c1Cl. The van der Waals surface area contributed by atoms with Crippen LogP contribution < -0.4 is 5.32 Å². The molecule has 0 radical (unpaired) electrons. The molecule has 1 amide bonds. The average Bonchev–Trinajstić information content (AvgIpc) is 2.84. The van der Waals surface area contributed by atoms with Gasteiger partial charge in [0, 0.05) is 30.1 Å². The molecule has 0 fully saturated rings. The Bertz CT molecular complexity index is 933. The second-order valence-electron chi connectivity index (χ2n) is 5.99. The van der Waals surface area contributed by atoms with Crippen LogP contribution in [-0.2, 0) is 21.2 Å². The van der Waals surface area contributed by atoms with Crippen molar-refractivity contribution in [3.63, 3.8) is 0 Å². The van der Waals surface area contributed by atoms with Gasteiger partial charge in [0.15, 0.2) is 9.84 Å². The predicted octanol–water partition coefficient (Wildman–Crippen LogP) is 3.70. The molecule has 0 atom stereocenters. The van der Waals surface area contributed by atoms with Crippen LogP contribution in [0.2, 0.25) is 5.15 Å². The van der Waals surface area contributed by atoms with Gasteiger partial charge < -0.3 is 5.32 Å². The smallest absolute Gasteiger partial charge is 0.248 e. The van der Waals surface area contributed by atoms with Gasteiger partial charge in [-0.1, -0.05) is 31.0 Å². The number of hydrogen-bond acceptors (Lipinski definition) is 4. The molecule has 0 aliphatic heterocycles. The molecule has 1 aromatic heterocycles. The largest absolute Gasteiger partial charge is 0.322 e. The Morgan fingerprint density at radius 3 is 2.77 bits per heavy atom. The Morgan fingerprint density at radius 2 is 2.12 bits per heavy atom. The molecular formula is C18H22ClN3O3S. The minimum Gasteiger partial charge on any atom is -0.322 e. The van der Waals surface area contributed by atoms with Crippen molar-refractivity contribution < 1.29 is 13.2 Å². The minimum atomic E-state index is -3.33. The van der Waals surface area contributed by atoms with Crippen molar-refractivity contribution >= 4 is 39.1 Å². The summed E-state index contributed by atoms with van der Waals surface area (Å²) in [4.78, 5) is 12.3. The van der Waals surface area contributed by atoms with Crippen molar-refractivity contribution in [2.24, 2.45) is 0 Å². The van der Waals surface area contributed by atoms with E-state index < -0.39 is 9.84 Å². The molecule has 1 N–H and O–H groups in total. The van der Waals surface area contributed by atoms with Gasteiger partial charge in [-0.05, 0) is 37.6 Å². The van der Waals surface area contributed by atoms with Gasteiger partial charge in [0.05, 0.1) is 10.6 Å². The minimum absolute atomic E-state index is 0.148. The number of anilines is 1. The number of benzene rings is 1. The maximum Gasteiger partial charge on any atom is 0.248 e. The number of unbranched alkanes of at least 4 members (excludes halogenated alkanes) is 1. The highest BCUT2D eigenvalue weighted by Gasteiger charge is 2.11. The molecule has 0 saturated carbocycles. The third-order valence-corrected chi connectivity index (χ3v) is 5.27. The fraction of sp³-hybridized carbons (Fsp3) is 0.333. The molecule has 2 aromatic rings. The molecule has 8 heteroatoms. The number of rotatable bonds is 7. The van der Waals surface area contributed by atoms with Crippen LogP contribution in [0.15, 0.2) is 35.2 Å². The van der Waals surface area contributed by atoms with Gasteiger partial charge in [0.1, 0.15) is 5.15 Å². The fourth-order valence-corrected chi connectivity index (χ4v) is 3.35. The number of carbonyl (C=O) groups is 1. The standard InChI is InChI=1S/C18H22ClN3O3S/c1-4-5-11-22-18(19)16(13(2)21-22)9-10-17(23)20-14-7-6-8-15(12-14)26(3,24)25/h6-10,12H,4-5,11H2,1-3H3,(H,20,23)/b10-9+. The van der Waals surface area contributed by atoms with Gasteiger partial charge in [-0.2, -0.15) is 5.10 Å². The summed E-state index contributed by atoms with van der Waals surface area (Å²) in [5.74, 6) is -0.382. The van der Waals surface area contributed by atoms with Crippen molar-refractivity contribution in [2.75, 3.05) is 11.6 Å². The second kappa shape index (κ2) is 8.51.